The summed E-state index contributed by atoms with van der Waals surface area (Å²) in [5.74, 6) is 0.954. The second-order valence-corrected chi connectivity index (χ2v) is 4.76. The molecular weight excluding hydrogens is 338 g/mol. The molecule has 6 heteroatoms. The molecule has 0 N–H and O–H groups in total. The van der Waals surface area contributed by atoms with Gasteiger partial charge in [0.15, 0.2) is 11.6 Å². The zero-order chi connectivity index (χ0) is 11.7. The highest BCUT2D eigenvalue weighted by Gasteiger charge is 2.10. The van der Waals surface area contributed by atoms with Crippen LogP contribution in [0, 0.1) is 17.4 Å². The van der Waals surface area contributed by atoms with Crippen molar-refractivity contribution in [3.05, 3.63) is 32.4 Å². The molecule has 16 heavy (non-hydrogen) atoms. The fourth-order valence-corrected chi connectivity index (χ4v) is 1.59. The first-order valence-electron chi connectivity index (χ1n) is 4.56. The van der Waals surface area contributed by atoms with Gasteiger partial charge in [-0.1, -0.05) is 11.6 Å². The summed E-state index contributed by atoms with van der Waals surface area (Å²) in [6.07, 6.45) is 3.46. The van der Waals surface area contributed by atoms with Crippen molar-refractivity contribution in [3.8, 4) is 11.6 Å². The van der Waals surface area contributed by atoms with Crippen LogP contribution in [0.2, 0.25) is 5.15 Å². The standard InChI is InChI=1S/C10H8ClIN4/c1-5-3-13-9(14-4-5)10-15-6(2)7(12)8(11)16-10/h3-4H,1-2H3. The summed E-state index contributed by atoms with van der Waals surface area (Å²) in [5.41, 5.74) is 1.83. The molecule has 2 aromatic rings. The lowest BCUT2D eigenvalue weighted by atomic mass is 10.4. The fraction of sp³-hybridized carbons (Fsp3) is 0.200. The molecule has 0 atom stereocenters. The topological polar surface area (TPSA) is 51.6 Å². The number of aryl methyl sites for hydroxylation is 2. The Bertz CT molecular complexity index is 504. The second-order valence-electron chi connectivity index (χ2n) is 3.32. The van der Waals surface area contributed by atoms with Crippen molar-refractivity contribution >= 4 is 34.2 Å². The maximum absolute atomic E-state index is 5.99. The van der Waals surface area contributed by atoms with E-state index in [9.17, 15) is 0 Å². The van der Waals surface area contributed by atoms with Crippen molar-refractivity contribution in [1.29, 1.82) is 0 Å². The van der Waals surface area contributed by atoms with Crippen molar-refractivity contribution in [3.63, 3.8) is 0 Å². The van der Waals surface area contributed by atoms with Gasteiger partial charge in [0, 0.05) is 12.4 Å². The van der Waals surface area contributed by atoms with Gasteiger partial charge in [-0.15, -0.1) is 0 Å². The average Bonchev–Trinajstić information content (AvgIpc) is 2.26. The van der Waals surface area contributed by atoms with Gasteiger partial charge in [0.2, 0.25) is 0 Å². The molecule has 0 bridgehead atoms. The molecular formula is C10H8ClIN4. The number of hydrogen-bond acceptors (Lipinski definition) is 4. The summed E-state index contributed by atoms with van der Waals surface area (Å²) < 4.78 is 0.857. The van der Waals surface area contributed by atoms with E-state index in [-0.39, 0.29) is 0 Å². The van der Waals surface area contributed by atoms with Gasteiger partial charge in [-0.2, -0.15) is 0 Å². The van der Waals surface area contributed by atoms with Gasteiger partial charge in [0.25, 0.3) is 0 Å². The minimum atomic E-state index is 0.437. The second kappa shape index (κ2) is 4.58. The Morgan fingerprint density at radius 2 is 1.69 bits per heavy atom. The smallest absolute Gasteiger partial charge is 0.199 e. The van der Waals surface area contributed by atoms with E-state index in [1.807, 2.05) is 13.8 Å². The molecule has 0 radical (unpaired) electrons. The zero-order valence-electron chi connectivity index (χ0n) is 8.70. The molecule has 0 saturated carbocycles. The van der Waals surface area contributed by atoms with Crippen LogP contribution in [0.15, 0.2) is 12.4 Å². The third kappa shape index (κ3) is 2.30. The zero-order valence-corrected chi connectivity index (χ0v) is 11.6. The van der Waals surface area contributed by atoms with Crippen LogP contribution >= 0.6 is 34.2 Å². The number of nitrogens with zero attached hydrogens (tertiary/aromatic N) is 4. The number of hydrogen-bond donors (Lipinski definition) is 0. The minimum Gasteiger partial charge on any atom is -0.234 e. The van der Waals surface area contributed by atoms with Crippen LogP contribution in [0.5, 0.6) is 0 Å². The molecule has 0 unspecified atom stereocenters. The maximum atomic E-state index is 5.99. The van der Waals surface area contributed by atoms with Crippen molar-refractivity contribution < 1.29 is 0 Å². The molecule has 0 amide bonds. The summed E-state index contributed by atoms with van der Waals surface area (Å²) in [4.78, 5) is 16.8. The summed E-state index contributed by atoms with van der Waals surface area (Å²) >= 11 is 8.10. The Labute approximate surface area is 112 Å². The van der Waals surface area contributed by atoms with Gasteiger partial charge in [-0.3, -0.25) is 0 Å². The van der Waals surface area contributed by atoms with E-state index in [1.165, 1.54) is 0 Å². The SMILES string of the molecule is Cc1cnc(-c2nc(C)c(I)c(Cl)n2)nc1. The van der Waals surface area contributed by atoms with Crippen LogP contribution in [0.1, 0.15) is 11.3 Å². The minimum absolute atomic E-state index is 0.437. The normalized spacial score (nSPS) is 10.5. The van der Waals surface area contributed by atoms with Gasteiger partial charge < -0.3 is 0 Å². The molecule has 2 aromatic heterocycles. The van der Waals surface area contributed by atoms with E-state index in [2.05, 4.69) is 42.5 Å². The van der Waals surface area contributed by atoms with Gasteiger partial charge in [-0.05, 0) is 42.0 Å². The molecule has 2 heterocycles. The van der Waals surface area contributed by atoms with Crippen LogP contribution in [-0.4, -0.2) is 19.9 Å². The lowest BCUT2D eigenvalue weighted by Gasteiger charge is -2.03. The first-order chi connectivity index (χ1) is 7.58. The van der Waals surface area contributed by atoms with E-state index in [0.29, 0.717) is 16.8 Å². The predicted molar refractivity (Wildman–Crippen MR) is 70.3 cm³/mol. The predicted octanol–water partition coefficient (Wildman–Crippen LogP) is 2.81. The van der Waals surface area contributed by atoms with Crippen molar-refractivity contribution in [2.24, 2.45) is 0 Å². The maximum Gasteiger partial charge on any atom is 0.199 e. The highest BCUT2D eigenvalue weighted by molar-refractivity contribution is 14.1. The molecule has 0 aliphatic carbocycles. The third-order valence-corrected chi connectivity index (χ3v) is 3.84. The van der Waals surface area contributed by atoms with Gasteiger partial charge in [0.1, 0.15) is 5.15 Å². The molecule has 0 saturated heterocycles. The van der Waals surface area contributed by atoms with E-state index in [1.54, 1.807) is 12.4 Å². The van der Waals surface area contributed by atoms with Gasteiger partial charge in [0.05, 0.1) is 9.26 Å². The lowest BCUT2D eigenvalue weighted by Crippen LogP contribution is -1.99. The van der Waals surface area contributed by atoms with Crippen molar-refractivity contribution in [2.45, 2.75) is 13.8 Å². The monoisotopic (exact) mass is 346 g/mol. The number of aromatic nitrogens is 4. The van der Waals surface area contributed by atoms with Crippen LogP contribution in [0.3, 0.4) is 0 Å². The number of halogens is 2. The molecule has 0 aliphatic rings. The molecule has 82 valence electrons. The van der Waals surface area contributed by atoms with Crippen LogP contribution < -0.4 is 0 Å². The quantitative estimate of drug-likeness (QED) is 0.588. The number of rotatable bonds is 1. The molecule has 0 spiro atoms. The Morgan fingerprint density at radius 1 is 1.06 bits per heavy atom. The lowest BCUT2D eigenvalue weighted by molar-refractivity contribution is 1.03. The Morgan fingerprint density at radius 3 is 2.25 bits per heavy atom. The van der Waals surface area contributed by atoms with E-state index >= 15 is 0 Å². The summed E-state index contributed by atoms with van der Waals surface area (Å²) in [7, 11) is 0. The van der Waals surface area contributed by atoms with Gasteiger partial charge >= 0.3 is 0 Å². The molecule has 4 nitrogen and oxygen atoms in total. The summed E-state index contributed by atoms with van der Waals surface area (Å²) in [6.45, 7) is 3.81. The average molecular weight is 347 g/mol. The third-order valence-electron chi connectivity index (χ3n) is 1.96. The summed E-state index contributed by atoms with van der Waals surface area (Å²) in [5, 5.41) is 0.437. The van der Waals surface area contributed by atoms with Gasteiger partial charge in [-0.25, -0.2) is 19.9 Å². The molecule has 0 fully saturated rings. The van der Waals surface area contributed by atoms with Crippen LogP contribution in [0.25, 0.3) is 11.6 Å². The van der Waals surface area contributed by atoms with Crippen molar-refractivity contribution in [1.82, 2.24) is 19.9 Å². The highest BCUT2D eigenvalue weighted by Crippen LogP contribution is 2.21. The Hall–Kier alpha value is -0.820. The van der Waals surface area contributed by atoms with Crippen molar-refractivity contribution in [2.75, 3.05) is 0 Å². The first-order valence-corrected chi connectivity index (χ1v) is 6.02. The Balaban J connectivity index is 2.52. The largest absolute Gasteiger partial charge is 0.234 e. The van der Waals surface area contributed by atoms with Crippen LogP contribution in [-0.2, 0) is 0 Å². The first kappa shape index (κ1) is 11.7. The molecule has 0 aromatic carbocycles. The van der Waals surface area contributed by atoms with Crippen LogP contribution in [0.4, 0.5) is 0 Å². The van der Waals surface area contributed by atoms with E-state index in [0.717, 1.165) is 14.8 Å². The molecule has 0 aliphatic heterocycles. The van der Waals surface area contributed by atoms with E-state index < -0.39 is 0 Å². The van der Waals surface area contributed by atoms with E-state index in [4.69, 9.17) is 11.6 Å². The fourth-order valence-electron chi connectivity index (χ4n) is 1.13. The Kier molecular flexibility index (Phi) is 3.34. The molecule has 2 rings (SSSR count). The summed E-state index contributed by atoms with van der Waals surface area (Å²) in [6, 6.07) is 0. The highest BCUT2D eigenvalue weighted by atomic mass is 127.